The Labute approximate surface area is 105 Å². The quantitative estimate of drug-likeness (QED) is 0.734. The topological polar surface area (TPSA) is 52.7 Å². The number of likely N-dealkylation sites (N-methyl/N-ethyl adjacent to an activating group) is 1. The van der Waals surface area contributed by atoms with Crippen molar-refractivity contribution in [3.05, 3.63) is 0 Å². The van der Waals surface area contributed by atoms with Gasteiger partial charge < -0.3 is 20.6 Å². The first kappa shape index (κ1) is 13.3. The van der Waals surface area contributed by atoms with Gasteiger partial charge in [-0.1, -0.05) is 6.42 Å². The van der Waals surface area contributed by atoms with E-state index in [-0.39, 0.29) is 0 Å². The number of piperazine rings is 1. The van der Waals surface area contributed by atoms with Gasteiger partial charge in [0, 0.05) is 32.7 Å². The summed E-state index contributed by atoms with van der Waals surface area (Å²) in [5.74, 6) is 0.423. The summed E-state index contributed by atoms with van der Waals surface area (Å²) in [4.78, 5) is 4.90. The van der Waals surface area contributed by atoms with Gasteiger partial charge in [0.05, 0.1) is 5.60 Å². The average Bonchev–Trinajstić information content (AvgIpc) is 2.71. The molecule has 4 heteroatoms. The van der Waals surface area contributed by atoms with E-state index in [0.29, 0.717) is 12.5 Å². The Kier molecular flexibility index (Phi) is 4.42. The molecular formula is C13H27N3O. The molecule has 17 heavy (non-hydrogen) atoms. The van der Waals surface area contributed by atoms with Gasteiger partial charge in [-0.05, 0) is 38.8 Å². The van der Waals surface area contributed by atoms with E-state index in [4.69, 9.17) is 5.73 Å². The highest BCUT2D eigenvalue weighted by Gasteiger charge is 2.39. The molecule has 1 aliphatic carbocycles. The second kappa shape index (κ2) is 5.65. The number of hydrogen-bond acceptors (Lipinski definition) is 4. The van der Waals surface area contributed by atoms with E-state index in [2.05, 4.69) is 16.8 Å². The van der Waals surface area contributed by atoms with E-state index >= 15 is 0 Å². The summed E-state index contributed by atoms with van der Waals surface area (Å²) in [5, 5.41) is 10.4. The van der Waals surface area contributed by atoms with Gasteiger partial charge in [0.25, 0.3) is 0 Å². The van der Waals surface area contributed by atoms with Crippen LogP contribution in [0.15, 0.2) is 0 Å². The molecule has 1 saturated heterocycles. The van der Waals surface area contributed by atoms with Crippen LogP contribution in [0.2, 0.25) is 0 Å². The minimum absolute atomic E-state index is 0.423. The molecule has 1 aliphatic heterocycles. The van der Waals surface area contributed by atoms with Crippen LogP contribution in [0, 0.1) is 5.92 Å². The Morgan fingerprint density at radius 3 is 2.65 bits per heavy atom. The molecule has 2 atom stereocenters. The first-order chi connectivity index (χ1) is 8.14. The predicted molar refractivity (Wildman–Crippen MR) is 69.9 cm³/mol. The van der Waals surface area contributed by atoms with Crippen LogP contribution >= 0.6 is 0 Å². The highest BCUT2D eigenvalue weighted by molar-refractivity contribution is 4.93. The lowest BCUT2D eigenvalue weighted by Gasteiger charge is -2.35. The van der Waals surface area contributed by atoms with Crippen molar-refractivity contribution < 1.29 is 5.11 Å². The molecular weight excluding hydrogens is 214 g/mol. The zero-order chi connectivity index (χ0) is 12.3. The standard InChI is InChI=1S/C13H27N3O/c1-15-7-9-16(10-8-15)6-4-12-3-2-5-13(12,17)11-14/h12,17H,2-11,14H2,1H3. The van der Waals surface area contributed by atoms with Gasteiger partial charge in [-0.15, -0.1) is 0 Å². The van der Waals surface area contributed by atoms with Crippen molar-refractivity contribution in [3.63, 3.8) is 0 Å². The number of aliphatic hydroxyl groups is 1. The maximum Gasteiger partial charge on any atom is 0.0797 e. The van der Waals surface area contributed by atoms with E-state index in [9.17, 15) is 5.11 Å². The maximum atomic E-state index is 10.4. The molecule has 2 fully saturated rings. The molecule has 2 unspecified atom stereocenters. The van der Waals surface area contributed by atoms with E-state index in [1.165, 1.54) is 26.2 Å². The molecule has 0 aromatic carbocycles. The van der Waals surface area contributed by atoms with Crippen LogP contribution in [0.3, 0.4) is 0 Å². The van der Waals surface area contributed by atoms with Gasteiger partial charge in [-0.25, -0.2) is 0 Å². The Balaban J connectivity index is 1.74. The van der Waals surface area contributed by atoms with Crippen LogP contribution in [-0.4, -0.2) is 66.8 Å². The Morgan fingerprint density at radius 2 is 2.00 bits per heavy atom. The maximum absolute atomic E-state index is 10.4. The first-order valence-corrected chi connectivity index (χ1v) is 6.97. The van der Waals surface area contributed by atoms with Gasteiger partial charge in [0.1, 0.15) is 0 Å². The van der Waals surface area contributed by atoms with Crippen molar-refractivity contribution in [1.82, 2.24) is 9.80 Å². The van der Waals surface area contributed by atoms with E-state index < -0.39 is 5.60 Å². The predicted octanol–water partition coefficient (Wildman–Crippen LogP) is 0.114. The minimum atomic E-state index is -0.563. The lowest BCUT2D eigenvalue weighted by Crippen LogP contribution is -2.46. The third-order valence-corrected chi connectivity index (χ3v) is 4.67. The lowest BCUT2D eigenvalue weighted by molar-refractivity contribution is 0.00303. The van der Waals surface area contributed by atoms with Crippen LogP contribution in [0.4, 0.5) is 0 Å². The average molecular weight is 241 g/mol. The highest BCUT2D eigenvalue weighted by Crippen LogP contribution is 2.37. The molecule has 0 aromatic rings. The molecule has 2 rings (SSSR count). The van der Waals surface area contributed by atoms with Crippen molar-refractivity contribution in [2.75, 3.05) is 46.3 Å². The second-order valence-electron chi connectivity index (χ2n) is 5.83. The van der Waals surface area contributed by atoms with Gasteiger partial charge in [0.15, 0.2) is 0 Å². The van der Waals surface area contributed by atoms with Gasteiger partial charge in [-0.2, -0.15) is 0 Å². The number of rotatable bonds is 4. The van der Waals surface area contributed by atoms with Crippen molar-refractivity contribution in [3.8, 4) is 0 Å². The number of nitrogens with zero attached hydrogens (tertiary/aromatic N) is 2. The number of nitrogens with two attached hydrogens (primary N) is 1. The van der Waals surface area contributed by atoms with Gasteiger partial charge in [-0.3, -0.25) is 0 Å². The third kappa shape index (κ3) is 3.19. The fraction of sp³-hybridized carbons (Fsp3) is 1.00. The zero-order valence-electron chi connectivity index (χ0n) is 11.1. The van der Waals surface area contributed by atoms with Crippen LogP contribution < -0.4 is 5.73 Å². The normalized spacial score (nSPS) is 36.5. The highest BCUT2D eigenvalue weighted by atomic mass is 16.3. The molecule has 0 aromatic heterocycles. The summed E-state index contributed by atoms with van der Waals surface area (Å²) in [6, 6.07) is 0. The van der Waals surface area contributed by atoms with Crippen LogP contribution in [0.5, 0.6) is 0 Å². The Hall–Kier alpha value is -0.160. The summed E-state index contributed by atoms with van der Waals surface area (Å²) >= 11 is 0. The smallest absolute Gasteiger partial charge is 0.0797 e. The van der Waals surface area contributed by atoms with Crippen molar-refractivity contribution in [2.45, 2.75) is 31.3 Å². The molecule has 2 aliphatic rings. The van der Waals surface area contributed by atoms with Gasteiger partial charge >= 0.3 is 0 Å². The summed E-state index contributed by atoms with van der Waals surface area (Å²) in [5.41, 5.74) is 5.15. The second-order valence-corrected chi connectivity index (χ2v) is 5.83. The van der Waals surface area contributed by atoms with Crippen molar-refractivity contribution in [2.24, 2.45) is 11.7 Å². The molecule has 1 saturated carbocycles. The van der Waals surface area contributed by atoms with Gasteiger partial charge in [0.2, 0.25) is 0 Å². The number of hydrogen-bond donors (Lipinski definition) is 2. The Morgan fingerprint density at radius 1 is 1.29 bits per heavy atom. The van der Waals surface area contributed by atoms with Crippen LogP contribution in [-0.2, 0) is 0 Å². The van der Waals surface area contributed by atoms with E-state index in [1.54, 1.807) is 0 Å². The molecule has 0 amide bonds. The van der Waals surface area contributed by atoms with E-state index in [0.717, 1.165) is 32.2 Å². The molecule has 4 nitrogen and oxygen atoms in total. The third-order valence-electron chi connectivity index (χ3n) is 4.67. The molecule has 0 spiro atoms. The SMILES string of the molecule is CN1CCN(CCC2CCCC2(O)CN)CC1. The molecule has 1 heterocycles. The summed E-state index contributed by atoms with van der Waals surface area (Å²) in [6.45, 7) is 6.24. The molecule has 100 valence electrons. The van der Waals surface area contributed by atoms with Crippen LogP contribution in [0.25, 0.3) is 0 Å². The first-order valence-electron chi connectivity index (χ1n) is 6.97. The fourth-order valence-electron chi connectivity index (χ4n) is 3.22. The largest absolute Gasteiger partial charge is 0.388 e. The van der Waals surface area contributed by atoms with E-state index in [1.807, 2.05) is 0 Å². The lowest BCUT2D eigenvalue weighted by atomic mass is 9.88. The molecule has 0 radical (unpaired) electrons. The monoisotopic (exact) mass is 241 g/mol. The van der Waals surface area contributed by atoms with Crippen molar-refractivity contribution >= 4 is 0 Å². The molecule has 0 bridgehead atoms. The van der Waals surface area contributed by atoms with Crippen molar-refractivity contribution in [1.29, 1.82) is 0 Å². The fourth-order valence-corrected chi connectivity index (χ4v) is 3.22. The Bertz CT molecular complexity index is 241. The minimum Gasteiger partial charge on any atom is -0.388 e. The summed E-state index contributed by atoms with van der Waals surface area (Å²) < 4.78 is 0. The summed E-state index contributed by atoms with van der Waals surface area (Å²) in [6.07, 6.45) is 4.30. The molecule has 3 N–H and O–H groups in total. The summed E-state index contributed by atoms with van der Waals surface area (Å²) in [7, 11) is 2.18. The van der Waals surface area contributed by atoms with Crippen LogP contribution in [0.1, 0.15) is 25.7 Å². The zero-order valence-corrected chi connectivity index (χ0v) is 11.1.